The number of anilines is 1. The summed E-state index contributed by atoms with van der Waals surface area (Å²) in [6.07, 6.45) is 0.489. The third-order valence-electron chi connectivity index (χ3n) is 4.93. The Hall–Kier alpha value is -3.27. The number of sulfonamides is 1. The molecule has 0 bridgehead atoms. The van der Waals surface area contributed by atoms with Gasteiger partial charge in [-0.25, -0.2) is 13.2 Å². The van der Waals surface area contributed by atoms with Gasteiger partial charge in [0.1, 0.15) is 0 Å². The number of aryl methyl sites for hydroxylation is 1. The average molecular weight is 432 g/mol. The number of carbonyl (C=O) groups is 2. The lowest BCUT2D eigenvalue weighted by Gasteiger charge is -2.18. The summed E-state index contributed by atoms with van der Waals surface area (Å²) in [4.78, 5) is 35.0. The van der Waals surface area contributed by atoms with Gasteiger partial charge in [0.25, 0.3) is 5.69 Å². The normalized spacial score (nSPS) is 13.1. The predicted octanol–water partition coefficient (Wildman–Crippen LogP) is 2.66. The molecular weight excluding hydrogens is 412 g/mol. The van der Waals surface area contributed by atoms with Gasteiger partial charge in [-0.1, -0.05) is 6.07 Å². The minimum absolute atomic E-state index is 0.0136. The van der Waals surface area contributed by atoms with Crippen molar-refractivity contribution in [2.24, 2.45) is 0 Å². The van der Waals surface area contributed by atoms with E-state index >= 15 is 0 Å². The van der Waals surface area contributed by atoms with Gasteiger partial charge in [-0.3, -0.25) is 19.2 Å². The van der Waals surface area contributed by atoms with Crippen LogP contribution in [0.1, 0.15) is 38.8 Å². The fourth-order valence-corrected chi connectivity index (χ4v) is 4.38. The Morgan fingerprint density at radius 3 is 2.53 bits per heavy atom. The highest BCUT2D eigenvalue weighted by atomic mass is 32.2. The number of rotatable bonds is 7. The first-order chi connectivity index (χ1) is 14.1. The van der Waals surface area contributed by atoms with Crippen molar-refractivity contribution in [2.45, 2.75) is 20.3 Å². The number of fused-ring (bicyclic) bond motifs is 1. The van der Waals surface area contributed by atoms with Crippen LogP contribution >= 0.6 is 0 Å². The Bertz CT molecular complexity index is 1140. The largest absolute Gasteiger partial charge is 0.454 e. The van der Waals surface area contributed by atoms with Crippen LogP contribution < -0.4 is 4.31 Å². The van der Waals surface area contributed by atoms with Crippen LogP contribution in [0.5, 0.6) is 0 Å². The van der Waals surface area contributed by atoms with E-state index in [4.69, 9.17) is 4.74 Å². The van der Waals surface area contributed by atoms with Gasteiger partial charge in [0.15, 0.2) is 12.4 Å². The first-order valence-electron chi connectivity index (χ1n) is 9.22. The molecule has 0 atom stereocenters. The van der Waals surface area contributed by atoms with E-state index in [1.807, 2.05) is 0 Å². The summed E-state index contributed by atoms with van der Waals surface area (Å²) in [6.45, 7) is 2.92. The molecule has 0 radical (unpaired) electrons. The van der Waals surface area contributed by atoms with Crippen molar-refractivity contribution in [3.05, 3.63) is 68.8 Å². The summed E-state index contributed by atoms with van der Waals surface area (Å²) >= 11 is 0. The lowest BCUT2D eigenvalue weighted by Crippen LogP contribution is -2.30. The highest BCUT2D eigenvalue weighted by Crippen LogP contribution is 2.31. The third kappa shape index (κ3) is 4.18. The monoisotopic (exact) mass is 432 g/mol. The molecule has 2 aromatic carbocycles. The van der Waals surface area contributed by atoms with Gasteiger partial charge >= 0.3 is 5.97 Å². The maximum atomic E-state index is 12.4. The number of nitrogens with zero attached hydrogens (tertiary/aromatic N) is 2. The van der Waals surface area contributed by atoms with Crippen molar-refractivity contribution in [3.8, 4) is 0 Å². The maximum absolute atomic E-state index is 12.4. The van der Waals surface area contributed by atoms with Crippen molar-refractivity contribution in [1.29, 1.82) is 0 Å². The fourth-order valence-electron chi connectivity index (χ4n) is 3.22. The van der Waals surface area contributed by atoms with Gasteiger partial charge in [0, 0.05) is 23.7 Å². The Labute approximate surface area is 173 Å². The summed E-state index contributed by atoms with van der Waals surface area (Å²) in [5.41, 5.74) is 1.77. The summed E-state index contributed by atoms with van der Waals surface area (Å²) < 4.78 is 30.6. The van der Waals surface area contributed by atoms with Crippen LogP contribution in [0, 0.1) is 17.0 Å². The van der Waals surface area contributed by atoms with Gasteiger partial charge < -0.3 is 4.74 Å². The number of Topliss-reactive ketones (excluding diaryl/α,β-unsaturated/α-hetero) is 1. The van der Waals surface area contributed by atoms with Crippen LogP contribution in [0.15, 0.2) is 36.4 Å². The number of nitro groups is 1. The van der Waals surface area contributed by atoms with Crippen molar-refractivity contribution in [3.63, 3.8) is 0 Å². The molecule has 1 aliphatic rings. The van der Waals surface area contributed by atoms with Crippen LogP contribution in [-0.4, -0.2) is 44.0 Å². The molecule has 0 spiro atoms. The molecule has 0 saturated heterocycles. The number of ether oxygens (including phenoxy) is 1. The first kappa shape index (κ1) is 21.4. The molecule has 2 aromatic rings. The molecule has 158 valence electrons. The van der Waals surface area contributed by atoms with E-state index in [0.29, 0.717) is 29.8 Å². The number of hydrogen-bond donors (Lipinski definition) is 0. The van der Waals surface area contributed by atoms with E-state index in [9.17, 15) is 28.1 Å². The highest BCUT2D eigenvalue weighted by molar-refractivity contribution is 7.92. The van der Waals surface area contributed by atoms with E-state index in [0.717, 1.165) is 11.6 Å². The van der Waals surface area contributed by atoms with E-state index in [1.54, 1.807) is 26.0 Å². The van der Waals surface area contributed by atoms with Gasteiger partial charge in [-0.05, 0) is 50.1 Å². The van der Waals surface area contributed by atoms with Crippen LogP contribution in [0.3, 0.4) is 0 Å². The number of carbonyl (C=O) groups excluding carboxylic acids is 2. The highest BCUT2D eigenvalue weighted by Gasteiger charge is 2.28. The van der Waals surface area contributed by atoms with E-state index in [-0.39, 0.29) is 17.0 Å². The maximum Gasteiger partial charge on any atom is 0.338 e. The van der Waals surface area contributed by atoms with E-state index in [2.05, 4.69) is 0 Å². The molecule has 0 amide bonds. The zero-order valence-electron chi connectivity index (χ0n) is 16.5. The molecule has 3 rings (SSSR count). The molecule has 10 heteroatoms. The van der Waals surface area contributed by atoms with Gasteiger partial charge in [0.05, 0.1) is 21.9 Å². The molecule has 0 saturated carbocycles. The molecule has 0 aliphatic carbocycles. The summed E-state index contributed by atoms with van der Waals surface area (Å²) in [6, 6.07) is 8.62. The van der Waals surface area contributed by atoms with Crippen molar-refractivity contribution in [2.75, 3.05) is 23.2 Å². The van der Waals surface area contributed by atoms with Crippen molar-refractivity contribution < 1.29 is 27.7 Å². The lowest BCUT2D eigenvalue weighted by atomic mass is 10.1. The van der Waals surface area contributed by atoms with Crippen LogP contribution in [0.2, 0.25) is 0 Å². The fraction of sp³-hybridized carbons (Fsp3) is 0.300. The Morgan fingerprint density at radius 1 is 1.17 bits per heavy atom. The third-order valence-corrected chi connectivity index (χ3v) is 6.71. The minimum Gasteiger partial charge on any atom is -0.454 e. The Kier molecular flexibility index (Phi) is 5.88. The summed E-state index contributed by atoms with van der Waals surface area (Å²) in [5, 5.41) is 11.0. The summed E-state index contributed by atoms with van der Waals surface area (Å²) in [5.74, 6) is -1.31. The van der Waals surface area contributed by atoms with Crippen LogP contribution in [-0.2, 0) is 21.2 Å². The molecular formula is C20H20N2O7S. The molecule has 30 heavy (non-hydrogen) atoms. The second-order valence-corrected chi connectivity index (χ2v) is 9.01. The number of benzene rings is 2. The molecule has 0 N–H and O–H groups in total. The number of ketones is 1. The zero-order valence-corrected chi connectivity index (χ0v) is 17.3. The molecule has 9 nitrogen and oxygen atoms in total. The molecule has 0 unspecified atom stereocenters. The zero-order chi connectivity index (χ0) is 22.1. The van der Waals surface area contributed by atoms with Crippen LogP contribution in [0.25, 0.3) is 0 Å². The number of nitro benzene ring substituents is 1. The van der Waals surface area contributed by atoms with Gasteiger partial charge in [-0.2, -0.15) is 0 Å². The topological polar surface area (TPSA) is 124 Å². The second-order valence-electron chi connectivity index (χ2n) is 6.82. The SMILES string of the molecule is CCS(=O)(=O)N1CCc2cc(C(=O)COC(=O)c3ccc(C)c([N+](=O)[O-])c3)ccc21. The van der Waals surface area contributed by atoms with Crippen LogP contribution in [0.4, 0.5) is 11.4 Å². The van der Waals surface area contributed by atoms with Crippen molar-refractivity contribution in [1.82, 2.24) is 0 Å². The average Bonchev–Trinajstić information content (AvgIpc) is 3.16. The van der Waals surface area contributed by atoms with E-state index in [1.165, 1.54) is 22.5 Å². The molecule has 1 heterocycles. The van der Waals surface area contributed by atoms with Gasteiger partial charge in [0.2, 0.25) is 10.0 Å². The smallest absolute Gasteiger partial charge is 0.338 e. The lowest BCUT2D eigenvalue weighted by molar-refractivity contribution is -0.385. The summed E-state index contributed by atoms with van der Waals surface area (Å²) in [7, 11) is -3.38. The van der Waals surface area contributed by atoms with Gasteiger partial charge in [-0.15, -0.1) is 0 Å². The Balaban J connectivity index is 1.70. The second kappa shape index (κ2) is 8.23. The number of hydrogen-bond acceptors (Lipinski definition) is 7. The van der Waals surface area contributed by atoms with Crippen molar-refractivity contribution >= 4 is 33.2 Å². The Morgan fingerprint density at radius 2 is 1.87 bits per heavy atom. The quantitative estimate of drug-likeness (QED) is 0.285. The minimum atomic E-state index is -3.38. The molecule has 1 aliphatic heterocycles. The first-order valence-corrected chi connectivity index (χ1v) is 10.8. The van der Waals surface area contributed by atoms with E-state index < -0.39 is 33.3 Å². The predicted molar refractivity (Wildman–Crippen MR) is 109 cm³/mol. The molecule has 0 aromatic heterocycles. The molecule has 0 fully saturated rings. The standard InChI is InChI=1S/C20H20N2O7S/c1-3-30(27,28)21-9-8-14-10-15(6-7-17(14)21)19(23)12-29-20(24)16-5-4-13(2)18(11-16)22(25)26/h4-7,10-11H,3,8-9,12H2,1-2H3. The number of esters is 1.